The fourth-order valence-corrected chi connectivity index (χ4v) is 2.93. The number of halogens is 1. The van der Waals surface area contributed by atoms with E-state index in [0.717, 1.165) is 19.4 Å². The Morgan fingerprint density at radius 2 is 2.05 bits per heavy atom. The number of carbonyl (C=O) groups is 1. The Balaban J connectivity index is 0.00000220. The zero-order valence-electron chi connectivity index (χ0n) is 13.2. The summed E-state index contributed by atoms with van der Waals surface area (Å²) in [4.78, 5) is 12.2. The second-order valence-corrected chi connectivity index (χ2v) is 6.42. The van der Waals surface area contributed by atoms with Gasteiger partial charge in [-0.25, -0.2) is 0 Å². The van der Waals surface area contributed by atoms with E-state index in [2.05, 4.69) is 55.7 Å². The fourth-order valence-electron chi connectivity index (χ4n) is 2.93. The van der Waals surface area contributed by atoms with Crippen molar-refractivity contribution < 1.29 is 4.79 Å². The summed E-state index contributed by atoms with van der Waals surface area (Å²) < 4.78 is 0. The average Bonchev–Trinajstić information content (AvgIpc) is 2.46. The van der Waals surface area contributed by atoms with Gasteiger partial charge in [-0.15, -0.1) is 12.4 Å². The number of hydrogen-bond donors (Lipinski definition) is 2. The molecule has 3 nitrogen and oxygen atoms in total. The van der Waals surface area contributed by atoms with Gasteiger partial charge in [-0.3, -0.25) is 4.79 Å². The first-order chi connectivity index (χ1) is 9.50. The van der Waals surface area contributed by atoms with Crippen molar-refractivity contribution in [3.63, 3.8) is 0 Å². The summed E-state index contributed by atoms with van der Waals surface area (Å²) in [6.45, 7) is 8.13. The highest BCUT2D eigenvalue weighted by atomic mass is 35.5. The maximum atomic E-state index is 12.2. The first-order valence-corrected chi connectivity index (χ1v) is 7.58. The van der Waals surface area contributed by atoms with Crippen molar-refractivity contribution >= 4 is 18.3 Å². The van der Waals surface area contributed by atoms with E-state index in [1.54, 1.807) is 0 Å². The number of rotatable bonds is 4. The van der Waals surface area contributed by atoms with Gasteiger partial charge in [-0.2, -0.15) is 0 Å². The molecule has 1 aliphatic heterocycles. The van der Waals surface area contributed by atoms with E-state index in [1.807, 2.05) is 0 Å². The van der Waals surface area contributed by atoms with E-state index < -0.39 is 0 Å². The van der Waals surface area contributed by atoms with Crippen LogP contribution >= 0.6 is 12.4 Å². The molecule has 0 aliphatic carbocycles. The molecule has 1 heterocycles. The number of aryl methyl sites for hydroxylation is 1. The highest BCUT2D eigenvalue weighted by molar-refractivity contribution is 5.85. The van der Waals surface area contributed by atoms with Gasteiger partial charge in [-0.1, -0.05) is 44.5 Å². The molecule has 2 N–H and O–H groups in total. The van der Waals surface area contributed by atoms with E-state index in [9.17, 15) is 4.79 Å². The summed E-state index contributed by atoms with van der Waals surface area (Å²) in [5.74, 6) is 0.145. The van der Waals surface area contributed by atoms with E-state index in [1.165, 1.54) is 17.5 Å². The van der Waals surface area contributed by atoms with Crippen LogP contribution in [0.2, 0.25) is 0 Å². The zero-order chi connectivity index (χ0) is 14.6. The lowest BCUT2D eigenvalue weighted by Crippen LogP contribution is -2.49. The number of carbonyl (C=O) groups excluding carboxylic acids is 1. The van der Waals surface area contributed by atoms with Gasteiger partial charge in [-0.05, 0) is 37.4 Å². The molecule has 21 heavy (non-hydrogen) atoms. The summed E-state index contributed by atoms with van der Waals surface area (Å²) in [7, 11) is 0. The number of piperidine rings is 1. The lowest BCUT2D eigenvalue weighted by Gasteiger charge is -2.29. The van der Waals surface area contributed by atoms with Crippen molar-refractivity contribution in [3.8, 4) is 0 Å². The van der Waals surface area contributed by atoms with Crippen molar-refractivity contribution in [3.05, 3.63) is 35.4 Å². The molecule has 1 amide bonds. The second-order valence-electron chi connectivity index (χ2n) is 6.42. The molecule has 0 bridgehead atoms. The van der Waals surface area contributed by atoms with E-state index in [0.29, 0.717) is 6.54 Å². The van der Waals surface area contributed by atoms with Gasteiger partial charge in [0.2, 0.25) is 5.91 Å². The maximum absolute atomic E-state index is 12.2. The maximum Gasteiger partial charge on any atom is 0.237 e. The van der Waals surface area contributed by atoms with Crippen LogP contribution in [-0.2, 0) is 10.2 Å². The Morgan fingerprint density at radius 1 is 1.33 bits per heavy atom. The number of amides is 1. The Bertz CT molecular complexity index is 468. The smallest absolute Gasteiger partial charge is 0.237 e. The van der Waals surface area contributed by atoms with Gasteiger partial charge in [0.15, 0.2) is 0 Å². The third kappa shape index (κ3) is 4.72. The monoisotopic (exact) mass is 310 g/mol. The minimum Gasteiger partial charge on any atom is -0.354 e. The molecule has 118 valence electrons. The second kappa shape index (κ2) is 7.81. The number of hydrogen-bond acceptors (Lipinski definition) is 2. The van der Waals surface area contributed by atoms with Crippen LogP contribution in [0.5, 0.6) is 0 Å². The average molecular weight is 311 g/mol. The summed E-state index contributed by atoms with van der Waals surface area (Å²) in [6, 6.07) is 8.40. The van der Waals surface area contributed by atoms with Crippen LogP contribution in [-0.4, -0.2) is 25.0 Å². The minimum atomic E-state index is -0.0460. The quantitative estimate of drug-likeness (QED) is 0.897. The highest BCUT2D eigenvalue weighted by Gasteiger charge is 2.26. The molecule has 1 unspecified atom stereocenters. The topological polar surface area (TPSA) is 41.1 Å². The molecule has 1 saturated heterocycles. The van der Waals surface area contributed by atoms with Crippen molar-refractivity contribution in [2.45, 2.75) is 51.5 Å². The van der Waals surface area contributed by atoms with Gasteiger partial charge in [0, 0.05) is 12.0 Å². The molecule has 4 heteroatoms. The predicted molar refractivity (Wildman–Crippen MR) is 90.1 cm³/mol. The third-order valence-electron chi connectivity index (χ3n) is 4.21. The van der Waals surface area contributed by atoms with Gasteiger partial charge in [0.05, 0.1) is 6.04 Å². The predicted octanol–water partition coefficient (Wildman–Crippen LogP) is 2.95. The van der Waals surface area contributed by atoms with Crippen LogP contribution in [0.1, 0.15) is 44.2 Å². The third-order valence-corrected chi connectivity index (χ3v) is 4.21. The van der Waals surface area contributed by atoms with Crippen LogP contribution in [0, 0.1) is 6.92 Å². The molecule has 1 aromatic carbocycles. The molecular formula is C17H27ClN2O. The Morgan fingerprint density at radius 3 is 2.67 bits per heavy atom. The van der Waals surface area contributed by atoms with Crippen LogP contribution in [0.4, 0.5) is 0 Å². The Labute approximate surface area is 134 Å². The highest BCUT2D eigenvalue weighted by Crippen LogP contribution is 2.25. The van der Waals surface area contributed by atoms with Crippen molar-refractivity contribution in [2.24, 2.45) is 0 Å². The minimum absolute atomic E-state index is 0. The summed E-state index contributed by atoms with van der Waals surface area (Å²) in [5.41, 5.74) is 2.54. The van der Waals surface area contributed by atoms with E-state index in [-0.39, 0.29) is 29.8 Å². The number of nitrogens with one attached hydrogen (secondary N) is 2. The normalized spacial score (nSPS) is 18.7. The van der Waals surface area contributed by atoms with E-state index in [4.69, 9.17) is 0 Å². The van der Waals surface area contributed by atoms with Gasteiger partial charge >= 0.3 is 0 Å². The van der Waals surface area contributed by atoms with Crippen LogP contribution in [0.25, 0.3) is 0 Å². The molecule has 1 aliphatic rings. The van der Waals surface area contributed by atoms with Gasteiger partial charge < -0.3 is 10.6 Å². The molecule has 1 aromatic rings. The van der Waals surface area contributed by atoms with Gasteiger partial charge in [0.25, 0.3) is 0 Å². The molecule has 0 spiro atoms. The largest absolute Gasteiger partial charge is 0.354 e. The zero-order valence-corrected chi connectivity index (χ0v) is 14.1. The van der Waals surface area contributed by atoms with Crippen molar-refractivity contribution in [2.75, 3.05) is 13.1 Å². The first kappa shape index (κ1) is 18.0. The van der Waals surface area contributed by atoms with Crippen molar-refractivity contribution in [1.82, 2.24) is 10.6 Å². The number of benzene rings is 1. The summed E-state index contributed by atoms with van der Waals surface area (Å²) in [6.07, 6.45) is 3.28. The molecule has 0 aromatic heterocycles. The standard InChI is InChI=1S/C17H26N2O.ClH/c1-13-8-4-5-9-14(13)17(2,3)12-19-16(20)15-10-6-7-11-18-15;/h4-5,8-9,15,18H,6-7,10-12H2,1-3H3,(H,19,20);1H. The molecule has 2 rings (SSSR count). The SMILES string of the molecule is Cc1ccccc1C(C)(C)CNC(=O)C1CCCCN1.Cl. The summed E-state index contributed by atoms with van der Waals surface area (Å²) >= 11 is 0. The molecule has 1 fully saturated rings. The van der Waals surface area contributed by atoms with Crippen molar-refractivity contribution in [1.29, 1.82) is 0 Å². The lowest BCUT2D eigenvalue weighted by molar-refractivity contribution is -0.123. The molecular weight excluding hydrogens is 284 g/mol. The van der Waals surface area contributed by atoms with Crippen LogP contribution in [0.3, 0.4) is 0 Å². The van der Waals surface area contributed by atoms with Crippen LogP contribution in [0.15, 0.2) is 24.3 Å². The Hall–Kier alpha value is -1.06. The van der Waals surface area contributed by atoms with E-state index >= 15 is 0 Å². The first-order valence-electron chi connectivity index (χ1n) is 7.58. The Kier molecular flexibility index (Phi) is 6.69. The molecule has 0 saturated carbocycles. The molecule has 1 atom stereocenters. The lowest BCUT2D eigenvalue weighted by atomic mass is 9.82. The molecule has 0 radical (unpaired) electrons. The fraction of sp³-hybridized carbons (Fsp3) is 0.588. The summed E-state index contributed by atoms with van der Waals surface area (Å²) in [5, 5.41) is 6.41. The van der Waals surface area contributed by atoms with Gasteiger partial charge in [0.1, 0.15) is 0 Å². The van der Waals surface area contributed by atoms with Crippen LogP contribution < -0.4 is 10.6 Å².